The largest absolute Gasteiger partial charge is 0.419 e. The summed E-state index contributed by atoms with van der Waals surface area (Å²) < 4.78 is 6.81. The average molecular weight is 407 g/mol. The Kier molecular flexibility index (Phi) is 9.94. The fourth-order valence-electron chi connectivity index (χ4n) is 2.50. The van der Waals surface area contributed by atoms with E-state index >= 15 is 0 Å². The fourth-order valence-corrected chi connectivity index (χ4v) is 2.50. The summed E-state index contributed by atoms with van der Waals surface area (Å²) in [6.07, 6.45) is 0.618. The molecule has 0 unspecified atom stereocenters. The third-order valence-corrected chi connectivity index (χ3v) is 3.77. The highest BCUT2D eigenvalue weighted by molar-refractivity contribution is 5.96. The molecule has 0 saturated carbocycles. The number of hydrogen-bond donors (Lipinski definition) is 2. The van der Waals surface area contributed by atoms with Gasteiger partial charge in [-0.25, -0.2) is 4.79 Å². The number of nitrogens with zero attached hydrogens (tertiary/aromatic N) is 2. The Labute approximate surface area is 165 Å². The predicted octanol–water partition coefficient (Wildman–Crippen LogP) is 2.31. The van der Waals surface area contributed by atoms with Crippen LogP contribution in [-0.4, -0.2) is 42.1 Å². The number of likely N-dealkylation sites (N-methyl/N-ethyl adjacent to an activating group) is 1. The zero-order valence-electron chi connectivity index (χ0n) is 15.5. The molecular weight excluding hydrogens is 379 g/mol. The van der Waals surface area contributed by atoms with Gasteiger partial charge >= 0.3 is 5.76 Å². The molecule has 1 atom stereocenters. The zero-order valence-corrected chi connectivity index (χ0v) is 17.2. The number of oxazole rings is 1. The second-order valence-electron chi connectivity index (χ2n) is 6.73. The number of nitrogens with one attached hydrogen (secondary N) is 1. The van der Waals surface area contributed by atoms with E-state index in [1.54, 1.807) is 22.8 Å². The number of aromatic nitrogens is 1. The third kappa shape index (κ3) is 6.32. The number of benzene rings is 1. The van der Waals surface area contributed by atoms with Gasteiger partial charge in [-0.15, -0.1) is 24.8 Å². The van der Waals surface area contributed by atoms with Crippen molar-refractivity contribution in [2.24, 2.45) is 11.7 Å². The van der Waals surface area contributed by atoms with Crippen molar-refractivity contribution >= 4 is 47.5 Å². The topological polar surface area (TPSA) is 93.5 Å². The van der Waals surface area contributed by atoms with Gasteiger partial charge in [-0.05, 0) is 44.6 Å². The van der Waals surface area contributed by atoms with Crippen LogP contribution in [0.25, 0.3) is 11.1 Å². The molecule has 0 aliphatic rings. The van der Waals surface area contributed by atoms with E-state index in [9.17, 15) is 9.59 Å². The van der Waals surface area contributed by atoms with Crippen LogP contribution < -0.4 is 16.8 Å². The van der Waals surface area contributed by atoms with Crippen molar-refractivity contribution in [1.82, 2.24) is 9.47 Å². The van der Waals surface area contributed by atoms with Gasteiger partial charge < -0.3 is 20.4 Å². The number of carbonyl (C=O) groups excluding carboxylic acids is 1. The molecule has 7 nitrogen and oxygen atoms in total. The summed E-state index contributed by atoms with van der Waals surface area (Å²) in [6, 6.07) is 4.59. The van der Waals surface area contributed by atoms with E-state index < -0.39 is 11.8 Å². The molecule has 0 saturated heterocycles. The molecule has 1 amide bonds. The highest BCUT2D eigenvalue weighted by atomic mass is 35.5. The fraction of sp³-hybridized carbons (Fsp3) is 0.529. The van der Waals surface area contributed by atoms with E-state index in [0.717, 1.165) is 0 Å². The van der Waals surface area contributed by atoms with Gasteiger partial charge in [0.1, 0.15) is 0 Å². The molecule has 1 aromatic carbocycles. The van der Waals surface area contributed by atoms with Crippen molar-refractivity contribution in [2.75, 3.05) is 26.0 Å². The number of carbonyl (C=O) groups is 1. The first kappa shape index (κ1) is 24.5. The lowest BCUT2D eigenvalue weighted by atomic mass is 10.0. The Hall–Kier alpha value is -1.54. The maximum absolute atomic E-state index is 12.2. The summed E-state index contributed by atoms with van der Waals surface area (Å²) in [7, 11) is 3.88. The van der Waals surface area contributed by atoms with E-state index in [1.807, 2.05) is 32.8 Å². The Morgan fingerprint density at radius 1 is 1.31 bits per heavy atom. The lowest BCUT2D eigenvalue weighted by Gasteiger charge is -2.14. The van der Waals surface area contributed by atoms with Crippen molar-refractivity contribution in [3.63, 3.8) is 0 Å². The van der Waals surface area contributed by atoms with E-state index in [2.05, 4.69) is 5.32 Å². The lowest BCUT2D eigenvalue weighted by Crippen LogP contribution is -2.36. The highest BCUT2D eigenvalue weighted by Crippen LogP contribution is 2.19. The molecule has 0 radical (unpaired) electrons. The number of nitrogens with two attached hydrogens (primary N) is 1. The van der Waals surface area contributed by atoms with Crippen LogP contribution in [0.5, 0.6) is 0 Å². The van der Waals surface area contributed by atoms with Gasteiger partial charge in [0.05, 0.1) is 11.6 Å². The SMILES string of the molecule is CC(C)C[C@H](N)C(=O)Nc1ccc2oc(=O)n(CCN(C)C)c2c1.Cl.Cl. The summed E-state index contributed by atoms with van der Waals surface area (Å²) in [4.78, 5) is 26.1. The average Bonchev–Trinajstić information content (AvgIpc) is 2.79. The molecule has 0 aliphatic carbocycles. The summed E-state index contributed by atoms with van der Waals surface area (Å²) in [6.45, 7) is 5.27. The molecule has 9 heteroatoms. The minimum Gasteiger partial charge on any atom is -0.408 e. The van der Waals surface area contributed by atoms with E-state index in [0.29, 0.717) is 42.2 Å². The molecular formula is C17H28Cl2N4O3. The Morgan fingerprint density at radius 3 is 2.54 bits per heavy atom. The molecule has 0 fully saturated rings. The lowest BCUT2D eigenvalue weighted by molar-refractivity contribution is -0.117. The maximum atomic E-state index is 12.2. The van der Waals surface area contributed by atoms with Crippen molar-refractivity contribution < 1.29 is 9.21 Å². The maximum Gasteiger partial charge on any atom is 0.419 e. The quantitative estimate of drug-likeness (QED) is 0.735. The van der Waals surface area contributed by atoms with E-state index in [-0.39, 0.29) is 30.7 Å². The monoisotopic (exact) mass is 406 g/mol. The van der Waals surface area contributed by atoms with Gasteiger partial charge in [0, 0.05) is 18.8 Å². The molecule has 1 aromatic heterocycles. The normalized spacial score (nSPS) is 12.0. The van der Waals surface area contributed by atoms with Crippen LogP contribution in [0.3, 0.4) is 0 Å². The molecule has 0 aliphatic heterocycles. The number of halogens is 2. The van der Waals surface area contributed by atoms with Crippen LogP contribution in [0.1, 0.15) is 20.3 Å². The first-order chi connectivity index (χ1) is 11.3. The molecule has 148 valence electrons. The minimum absolute atomic E-state index is 0. The summed E-state index contributed by atoms with van der Waals surface area (Å²) >= 11 is 0. The minimum atomic E-state index is -0.555. The second-order valence-corrected chi connectivity index (χ2v) is 6.73. The third-order valence-electron chi connectivity index (χ3n) is 3.77. The van der Waals surface area contributed by atoms with Gasteiger partial charge in [-0.2, -0.15) is 0 Å². The molecule has 26 heavy (non-hydrogen) atoms. The number of hydrogen-bond acceptors (Lipinski definition) is 5. The standard InChI is InChI=1S/C17H26N4O3.2ClH/c1-11(2)9-13(18)16(22)19-12-5-6-15-14(10-12)21(17(23)24-15)8-7-20(3)4;;/h5-6,10-11,13H,7-9,18H2,1-4H3,(H,19,22);2*1H/t13-;;/m0../s1. The molecule has 3 N–H and O–H groups in total. The zero-order chi connectivity index (χ0) is 17.9. The van der Waals surface area contributed by atoms with Crippen molar-refractivity contribution in [3.8, 4) is 0 Å². The van der Waals surface area contributed by atoms with Gasteiger partial charge in [-0.3, -0.25) is 9.36 Å². The van der Waals surface area contributed by atoms with Crippen LogP contribution in [0, 0.1) is 5.92 Å². The number of fused-ring (bicyclic) bond motifs is 1. The molecule has 2 aromatic rings. The van der Waals surface area contributed by atoms with Crippen LogP contribution in [-0.2, 0) is 11.3 Å². The summed E-state index contributed by atoms with van der Waals surface area (Å²) in [5.41, 5.74) is 7.67. The highest BCUT2D eigenvalue weighted by Gasteiger charge is 2.16. The molecule has 2 rings (SSSR count). The number of anilines is 1. The van der Waals surface area contributed by atoms with Crippen molar-refractivity contribution in [3.05, 3.63) is 28.7 Å². The van der Waals surface area contributed by atoms with Crippen LogP contribution in [0.15, 0.2) is 27.4 Å². The van der Waals surface area contributed by atoms with Crippen molar-refractivity contribution in [1.29, 1.82) is 0 Å². The van der Waals surface area contributed by atoms with Crippen molar-refractivity contribution in [2.45, 2.75) is 32.9 Å². The predicted molar refractivity (Wildman–Crippen MR) is 110 cm³/mol. The van der Waals surface area contributed by atoms with E-state index in [1.165, 1.54) is 0 Å². The van der Waals surface area contributed by atoms with Gasteiger partial charge in [0.2, 0.25) is 5.91 Å². The van der Waals surface area contributed by atoms with Gasteiger partial charge in [0.15, 0.2) is 5.58 Å². The first-order valence-electron chi connectivity index (χ1n) is 8.12. The van der Waals surface area contributed by atoms with Crippen LogP contribution in [0.2, 0.25) is 0 Å². The number of amides is 1. The molecule has 0 bridgehead atoms. The first-order valence-corrected chi connectivity index (χ1v) is 8.12. The van der Waals surface area contributed by atoms with Crippen LogP contribution in [0.4, 0.5) is 5.69 Å². The van der Waals surface area contributed by atoms with E-state index in [4.69, 9.17) is 10.2 Å². The molecule has 0 spiro atoms. The van der Waals surface area contributed by atoms with Gasteiger partial charge in [-0.1, -0.05) is 13.8 Å². The Balaban J connectivity index is 0.00000312. The van der Waals surface area contributed by atoms with Crippen LogP contribution >= 0.6 is 24.8 Å². The second kappa shape index (κ2) is 10.6. The summed E-state index contributed by atoms with van der Waals surface area (Å²) in [5, 5.41) is 2.81. The Bertz CT molecular complexity index is 771. The summed E-state index contributed by atoms with van der Waals surface area (Å²) in [5.74, 6) is -0.279. The van der Waals surface area contributed by atoms with Gasteiger partial charge in [0.25, 0.3) is 0 Å². The molecule has 1 heterocycles. The smallest absolute Gasteiger partial charge is 0.408 e. The number of rotatable bonds is 7. The Morgan fingerprint density at radius 2 is 1.96 bits per heavy atom.